The lowest BCUT2D eigenvalue weighted by Crippen LogP contribution is -2.46. The van der Waals surface area contributed by atoms with Crippen LogP contribution in [0.1, 0.15) is 41.5 Å². The Morgan fingerprint density at radius 2 is 1.75 bits per heavy atom. The van der Waals surface area contributed by atoms with Crippen molar-refractivity contribution in [3.8, 4) is 0 Å². The summed E-state index contributed by atoms with van der Waals surface area (Å²) in [6, 6.07) is -0.528. The molecule has 4 heteroatoms. The van der Waals surface area contributed by atoms with Gasteiger partial charge in [0, 0.05) is 0 Å². The fourth-order valence-corrected chi connectivity index (χ4v) is 0.921. The van der Waals surface area contributed by atoms with E-state index in [1.807, 2.05) is 41.5 Å². The maximum atomic E-state index is 11.5. The summed E-state index contributed by atoms with van der Waals surface area (Å²) in [6.45, 7) is 11.4. The molecule has 0 aromatic rings. The molecule has 0 spiro atoms. The summed E-state index contributed by atoms with van der Waals surface area (Å²) < 4.78 is 5.13. The van der Waals surface area contributed by atoms with Crippen molar-refractivity contribution in [3.05, 3.63) is 0 Å². The van der Waals surface area contributed by atoms with Crippen LogP contribution in [0.5, 0.6) is 0 Å². The van der Waals surface area contributed by atoms with Crippen molar-refractivity contribution in [2.45, 2.75) is 53.7 Å². The Morgan fingerprint density at radius 3 is 2.06 bits per heavy atom. The van der Waals surface area contributed by atoms with Crippen molar-refractivity contribution in [2.24, 2.45) is 11.3 Å². The highest BCUT2D eigenvalue weighted by atomic mass is 16.6. The molecule has 1 N–H and O–H groups in total. The van der Waals surface area contributed by atoms with Gasteiger partial charge in [0.05, 0.1) is 6.04 Å². The standard InChI is InChI=1S/C12H23NO3/c1-8(2)9(3)16-11(15)13-10(7-14)12(4,5)6/h7-10H,1-6H3,(H,13,15)/t9-,10-/m1/s1. The zero-order valence-electron chi connectivity index (χ0n) is 11.0. The molecule has 0 rings (SSSR count). The van der Waals surface area contributed by atoms with Gasteiger partial charge in [0.1, 0.15) is 12.4 Å². The van der Waals surface area contributed by atoms with Crippen LogP contribution >= 0.6 is 0 Å². The molecule has 0 aliphatic carbocycles. The molecule has 94 valence electrons. The summed E-state index contributed by atoms with van der Waals surface area (Å²) in [5.74, 6) is 0.259. The molecular weight excluding hydrogens is 206 g/mol. The molecule has 2 atom stereocenters. The zero-order valence-corrected chi connectivity index (χ0v) is 11.0. The van der Waals surface area contributed by atoms with Crippen LogP contribution < -0.4 is 5.32 Å². The largest absolute Gasteiger partial charge is 0.446 e. The summed E-state index contributed by atoms with van der Waals surface area (Å²) >= 11 is 0. The van der Waals surface area contributed by atoms with E-state index in [1.165, 1.54) is 0 Å². The molecular formula is C12H23NO3. The fraction of sp³-hybridized carbons (Fsp3) is 0.833. The van der Waals surface area contributed by atoms with Crippen molar-refractivity contribution in [3.63, 3.8) is 0 Å². The molecule has 0 heterocycles. The zero-order chi connectivity index (χ0) is 12.9. The van der Waals surface area contributed by atoms with E-state index in [0.29, 0.717) is 0 Å². The van der Waals surface area contributed by atoms with Crippen LogP contribution in [0.4, 0.5) is 4.79 Å². The fourth-order valence-electron chi connectivity index (χ4n) is 0.921. The van der Waals surface area contributed by atoms with E-state index in [-0.39, 0.29) is 17.4 Å². The lowest BCUT2D eigenvalue weighted by molar-refractivity contribution is -0.111. The quantitative estimate of drug-likeness (QED) is 0.753. The van der Waals surface area contributed by atoms with Gasteiger partial charge in [-0.3, -0.25) is 0 Å². The summed E-state index contributed by atoms with van der Waals surface area (Å²) in [5.41, 5.74) is -0.304. The number of carbonyl (C=O) groups excluding carboxylic acids is 2. The van der Waals surface area contributed by atoms with Gasteiger partial charge in [0.2, 0.25) is 0 Å². The molecule has 0 aromatic heterocycles. The Labute approximate surface area is 97.7 Å². The average Bonchev–Trinajstić information content (AvgIpc) is 2.11. The van der Waals surface area contributed by atoms with Crippen LogP contribution in [0.3, 0.4) is 0 Å². The number of alkyl carbamates (subject to hydrolysis) is 1. The van der Waals surface area contributed by atoms with Gasteiger partial charge >= 0.3 is 6.09 Å². The van der Waals surface area contributed by atoms with Gasteiger partial charge in [0.15, 0.2) is 0 Å². The first-order valence-corrected chi connectivity index (χ1v) is 5.61. The van der Waals surface area contributed by atoms with Crippen molar-refractivity contribution in [2.75, 3.05) is 0 Å². The molecule has 0 bridgehead atoms. The molecule has 0 saturated heterocycles. The second-order valence-corrected chi connectivity index (χ2v) is 5.48. The lowest BCUT2D eigenvalue weighted by atomic mass is 9.88. The van der Waals surface area contributed by atoms with Crippen LogP contribution in [0.15, 0.2) is 0 Å². The Morgan fingerprint density at radius 1 is 1.25 bits per heavy atom. The van der Waals surface area contributed by atoms with Crippen LogP contribution in [0, 0.1) is 11.3 Å². The van der Waals surface area contributed by atoms with E-state index in [2.05, 4.69) is 5.32 Å². The van der Waals surface area contributed by atoms with Crippen molar-refractivity contribution >= 4 is 12.4 Å². The maximum absolute atomic E-state index is 11.5. The van der Waals surface area contributed by atoms with Crippen molar-refractivity contribution in [1.82, 2.24) is 5.32 Å². The molecule has 0 aromatic carbocycles. The number of ether oxygens (including phenoxy) is 1. The third-order valence-corrected chi connectivity index (χ3v) is 2.57. The van der Waals surface area contributed by atoms with Crippen LogP contribution in [0.25, 0.3) is 0 Å². The Bertz CT molecular complexity index is 243. The summed E-state index contributed by atoms with van der Waals surface area (Å²) in [6.07, 6.45) is 0.0434. The van der Waals surface area contributed by atoms with Gasteiger partial charge in [0.25, 0.3) is 0 Å². The average molecular weight is 229 g/mol. The molecule has 4 nitrogen and oxygen atoms in total. The van der Waals surface area contributed by atoms with E-state index >= 15 is 0 Å². The number of nitrogens with one attached hydrogen (secondary N) is 1. The Kier molecular flexibility index (Phi) is 5.48. The SMILES string of the molecule is CC(C)[C@@H](C)OC(=O)N[C@H](C=O)C(C)(C)C. The minimum atomic E-state index is -0.534. The van der Waals surface area contributed by atoms with Crippen LogP contribution in [-0.2, 0) is 9.53 Å². The molecule has 0 aliphatic heterocycles. The second-order valence-electron chi connectivity index (χ2n) is 5.48. The van der Waals surface area contributed by atoms with E-state index < -0.39 is 12.1 Å². The van der Waals surface area contributed by atoms with Gasteiger partial charge in [-0.05, 0) is 18.3 Å². The number of aldehydes is 1. The molecule has 0 aliphatic rings. The Balaban J connectivity index is 4.28. The summed E-state index contributed by atoms with van der Waals surface area (Å²) in [4.78, 5) is 22.3. The van der Waals surface area contributed by atoms with Crippen molar-refractivity contribution < 1.29 is 14.3 Å². The highest BCUT2D eigenvalue weighted by molar-refractivity contribution is 5.73. The smallest absolute Gasteiger partial charge is 0.407 e. The molecule has 16 heavy (non-hydrogen) atoms. The van der Waals surface area contributed by atoms with E-state index in [4.69, 9.17) is 4.74 Å². The van der Waals surface area contributed by atoms with Crippen molar-refractivity contribution in [1.29, 1.82) is 0 Å². The molecule has 0 radical (unpaired) electrons. The lowest BCUT2D eigenvalue weighted by Gasteiger charge is -2.27. The minimum absolute atomic E-state index is 0.160. The van der Waals surface area contributed by atoms with Crippen LogP contribution in [0.2, 0.25) is 0 Å². The predicted molar refractivity (Wildman–Crippen MR) is 63.2 cm³/mol. The number of hydrogen-bond donors (Lipinski definition) is 1. The minimum Gasteiger partial charge on any atom is -0.446 e. The first kappa shape index (κ1) is 14.9. The predicted octanol–water partition coefficient (Wildman–Crippen LogP) is 2.37. The van der Waals surface area contributed by atoms with E-state index in [9.17, 15) is 9.59 Å². The number of carbonyl (C=O) groups is 2. The summed E-state index contributed by atoms with van der Waals surface area (Å²) in [7, 11) is 0. The Hall–Kier alpha value is -1.06. The van der Waals surface area contributed by atoms with Gasteiger partial charge in [-0.1, -0.05) is 34.6 Å². The summed E-state index contributed by atoms with van der Waals surface area (Å²) in [5, 5.41) is 2.56. The molecule has 0 saturated carbocycles. The monoisotopic (exact) mass is 229 g/mol. The number of amides is 1. The normalized spacial score (nSPS) is 15.4. The first-order chi connectivity index (χ1) is 7.18. The van der Waals surface area contributed by atoms with Gasteiger partial charge in [-0.2, -0.15) is 0 Å². The van der Waals surface area contributed by atoms with Gasteiger partial charge < -0.3 is 14.8 Å². The van der Waals surface area contributed by atoms with E-state index in [1.54, 1.807) is 0 Å². The van der Waals surface area contributed by atoms with E-state index in [0.717, 1.165) is 6.29 Å². The maximum Gasteiger partial charge on any atom is 0.407 e. The third kappa shape index (κ3) is 5.14. The molecule has 1 amide bonds. The van der Waals surface area contributed by atoms with Gasteiger partial charge in [-0.15, -0.1) is 0 Å². The molecule has 0 fully saturated rings. The number of hydrogen-bond acceptors (Lipinski definition) is 3. The second kappa shape index (κ2) is 5.87. The molecule has 0 unspecified atom stereocenters. The topological polar surface area (TPSA) is 55.4 Å². The van der Waals surface area contributed by atoms with Crippen LogP contribution in [-0.4, -0.2) is 24.5 Å². The highest BCUT2D eigenvalue weighted by Crippen LogP contribution is 2.17. The third-order valence-electron chi connectivity index (χ3n) is 2.57. The highest BCUT2D eigenvalue weighted by Gasteiger charge is 2.26. The first-order valence-electron chi connectivity index (χ1n) is 5.61. The number of rotatable bonds is 4. The van der Waals surface area contributed by atoms with Gasteiger partial charge in [-0.25, -0.2) is 4.79 Å².